The van der Waals surface area contributed by atoms with Crippen LogP contribution in [0.25, 0.3) is 0 Å². The number of hydrogen-bond donors (Lipinski definition) is 1. The van der Waals surface area contributed by atoms with Crippen molar-refractivity contribution in [3.63, 3.8) is 0 Å². The van der Waals surface area contributed by atoms with Gasteiger partial charge in [0.2, 0.25) is 0 Å². The highest BCUT2D eigenvalue weighted by Crippen LogP contribution is 2.36. The molecule has 1 aromatic carbocycles. The molecule has 0 heterocycles. The zero-order chi connectivity index (χ0) is 11.8. The molecule has 0 aliphatic carbocycles. The fourth-order valence-electron chi connectivity index (χ4n) is 1.21. The molecule has 0 bridgehead atoms. The summed E-state index contributed by atoms with van der Waals surface area (Å²) in [5, 5.41) is 0. The molecule has 0 fully saturated rings. The first-order chi connectivity index (χ1) is 6.75. The summed E-state index contributed by atoms with van der Waals surface area (Å²) in [4.78, 5) is 11.1. The number of carbonyl (C=O) groups is 1. The monoisotopic (exact) mass is 329 g/mol. The van der Waals surface area contributed by atoms with E-state index in [0.29, 0.717) is 3.57 Å². The van der Waals surface area contributed by atoms with E-state index in [2.05, 4.69) is 0 Å². The van der Waals surface area contributed by atoms with E-state index in [0.717, 1.165) is 13.0 Å². The predicted molar refractivity (Wildman–Crippen MR) is 58.6 cm³/mol. The number of benzene rings is 1. The fourth-order valence-corrected chi connectivity index (χ4v) is 1.66. The van der Waals surface area contributed by atoms with Gasteiger partial charge in [0.05, 0.1) is 16.8 Å². The Kier molecular flexibility index (Phi) is 3.27. The largest absolute Gasteiger partial charge is 0.417 e. The highest BCUT2D eigenvalue weighted by molar-refractivity contribution is 14.1. The lowest BCUT2D eigenvalue weighted by atomic mass is 10.0. The second-order valence-corrected chi connectivity index (χ2v) is 4.10. The van der Waals surface area contributed by atoms with Crippen molar-refractivity contribution in [3.8, 4) is 0 Å². The van der Waals surface area contributed by atoms with Crippen LogP contribution in [-0.2, 0) is 6.18 Å². The summed E-state index contributed by atoms with van der Waals surface area (Å²) < 4.78 is 38.0. The van der Waals surface area contributed by atoms with Crippen molar-refractivity contribution < 1.29 is 18.0 Å². The van der Waals surface area contributed by atoms with Gasteiger partial charge < -0.3 is 5.73 Å². The maximum atomic E-state index is 12.5. The Morgan fingerprint density at radius 1 is 1.40 bits per heavy atom. The molecule has 0 saturated carbocycles. The molecule has 15 heavy (non-hydrogen) atoms. The lowest BCUT2D eigenvalue weighted by molar-refractivity contribution is -0.137. The number of ketones is 1. The van der Waals surface area contributed by atoms with Gasteiger partial charge in [-0.3, -0.25) is 4.79 Å². The Balaban J connectivity index is 3.55. The van der Waals surface area contributed by atoms with Crippen molar-refractivity contribution in [2.75, 3.05) is 5.73 Å². The molecule has 82 valence electrons. The van der Waals surface area contributed by atoms with Crippen LogP contribution in [-0.4, -0.2) is 5.78 Å². The van der Waals surface area contributed by atoms with Crippen LogP contribution in [0.3, 0.4) is 0 Å². The van der Waals surface area contributed by atoms with E-state index in [9.17, 15) is 18.0 Å². The third-order valence-corrected chi connectivity index (χ3v) is 2.79. The minimum Gasteiger partial charge on any atom is -0.397 e. The van der Waals surface area contributed by atoms with Crippen LogP contribution >= 0.6 is 22.6 Å². The molecular weight excluding hydrogens is 322 g/mol. The Bertz CT molecular complexity index is 415. The molecular formula is C9H7F3INO. The summed E-state index contributed by atoms with van der Waals surface area (Å²) in [7, 11) is 0. The Morgan fingerprint density at radius 3 is 2.33 bits per heavy atom. The Morgan fingerprint density at radius 2 is 1.93 bits per heavy atom. The van der Waals surface area contributed by atoms with E-state index in [4.69, 9.17) is 5.73 Å². The summed E-state index contributed by atoms with van der Waals surface area (Å²) in [6, 6.07) is 2.11. The van der Waals surface area contributed by atoms with Crippen LogP contribution in [0.5, 0.6) is 0 Å². The van der Waals surface area contributed by atoms with Gasteiger partial charge in [0.1, 0.15) is 0 Å². The Labute approximate surface area is 97.8 Å². The van der Waals surface area contributed by atoms with Crippen LogP contribution in [0.15, 0.2) is 12.1 Å². The van der Waals surface area contributed by atoms with E-state index in [1.54, 1.807) is 22.6 Å². The Hall–Kier alpha value is -0.790. The minimum atomic E-state index is -4.56. The van der Waals surface area contributed by atoms with Gasteiger partial charge in [-0.05, 0) is 41.6 Å². The quantitative estimate of drug-likeness (QED) is 0.489. The standard InChI is InChI=1S/C9H7F3INO/c1-4(15)7-5(9(10,11)12)2-3-6(13)8(7)14/h2-3H,14H2,1H3. The highest BCUT2D eigenvalue weighted by Gasteiger charge is 2.35. The summed E-state index contributed by atoms with van der Waals surface area (Å²) in [5.41, 5.74) is 3.91. The second-order valence-electron chi connectivity index (χ2n) is 2.94. The van der Waals surface area contributed by atoms with Crippen molar-refractivity contribution in [1.29, 1.82) is 0 Å². The molecule has 1 aromatic rings. The molecule has 0 atom stereocenters. The van der Waals surface area contributed by atoms with Crippen molar-refractivity contribution in [3.05, 3.63) is 26.8 Å². The lowest BCUT2D eigenvalue weighted by Crippen LogP contribution is -2.14. The molecule has 2 N–H and O–H groups in total. The molecule has 0 radical (unpaired) electrons. The van der Waals surface area contributed by atoms with Crippen molar-refractivity contribution in [2.45, 2.75) is 13.1 Å². The highest BCUT2D eigenvalue weighted by atomic mass is 127. The number of halogens is 4. The average Bonchev–Trinajstić information content (AvgIpc) is 2.06. The molecule has 0 aliphatic rings. The summed E-state index contributed by atoms with van der Waals surface area (Å²) in [5.74, 6) is -0.682. The smallest absolute Gasteiger partial charge is 0.397 e. The average molecular weight is 329 g/mol. The molecule has 0 saturated heterocycles. The van der Waals surface area contributed by atoms with Crippen LogP contribution < -0.4 is 5.73 Å². The zero-order valence-electron chi connectivity index (χ0n) is 7.65. The molecule has 0 amide bonds. The van der Waals surface area contributed by atoms with Gasteiger partial charge >= 0.3 is 6.18 Å². The SMILES string of the molecule is CC(=O)c1c(C(F)(F)F)ccc(I)c1N. The summed E-state index contributed by atoms with van der Waals surface area (Å²) in [6.07, 6.45) is -4.56. The van der Waals surface area contributed by atoms with Crippen LogP contribution in [0.4, 0.5) is 18.9 Å². The minimum absolute atomic E-state index is 0.113. The van der Waals surface area contributed by atoms with E-state index < -0.39 is 23.1 Å². The summed E-state index contributed by atoms with van der Waals surface area (Å²) in [6.45, 7) is 1.07. The van der Waals surface area contributed by atoms with E-state index in [1.165, 1.54) is 6.07 Å². The first-order valence-corrected chi connectivity index (χ1v) is 4.99. The van der Waals surface area contributed by atoms with Gasteiger partial charge in [0.25, 0.3) is 0 Å². The van der Waals surface area contributed by atoms with Crippen LogP contribution in [0, 0.1) is 3.57 Å². The van der Waals surface area contributed by atoms with E-state index >= 15 is 0 Å². The number of anilines is 1. The second kappa shape index (κ2) is 3.99. The molecule has 0 aliphatic heterocycles. The van der Waals surface area contributed by atoms with Gasteiger partial charge in [-0.25, -0.2) is 0 Å². The number of nitrogens with two attached hydrogens (primary N) is 1. The van der Waals surface area contributed by atoms with Gasteiger partial charge in [-0.1, -0.05) is 0 Å². The molecule has 2 nitrogen and oxygen atoms in total. The van der Waals surface area contributed by atoms with E-state index in [-0.39, 0.29) is 5.69 Å². The molecule has 6 heteroatoms. The summed E-state index contributed by atoms with van der Waals surface area (Å²) >= 11 is 1.78. The normalized spacial score (nSPS) is 11.5. The van der Waals surface area contributed by atoms with Crippen LogP contribution in [0.2, 0.25) is 0 Å². The number of alkyl halides is 3. The van der Waals surface area contributed by atoms with Crippen molar-refractivity contribution in [1.82, 2.24) is 0 Å². The van der Waals surface area contributed by atoms with Gasteiger partial charge in [-0.15, -0.1) is 0 Å². The van der Waals surface area contributed by atoms with Crippen LogP contribution in [0.1, 0.15) is 22.8 Å². The topological polar surface area (TPSA) is 43.1 Å². The van der Waals surface area contributed by atoms with Crippen molar-refractivity contribution in [2.24, 2.45) is 0 Å². The number of hydrogen-bond acceptors (Lipinski definition) is 2. The fraction of sp³-hybridized carbons (Fsp3) is 0.222. The predicted octanol–water partition coefficient (Wildman–Crippen LogP) is 3.09. The molecule has 0 aromatic heterocycles. The first-order valence-electron chi connectivity index (χ1n) is 3.91. The zero-order valence-corrected chi connectivity index (χ0v) is 9.81. The number of rotatable bonds is 1. The number of Topliss-reactive ketones (excluding diaryl/α,β-unsaturated/α-hetero) is 1. The van der Waals surface area contributed by atoms with E-state index in [1.807, 2.05) is 0 Å². The molecule has 0 unspecified atom stereocenters. The molecule has 0 spiro atoms. The van der Waals surface area contributed by atoms with Gasteiger partial charge in [0.15, 0.2) is 5.78 Å². The third-order valence-electron chi connectivity index (χ3n) is 1.85. The molecule has 1 rings (SSSR count). The maximum Gasteiger partial charge on any atom is 0.417 e. The number of carbonyl (C=O) groups excluding carboxylic acids is 1. The van der Waals surface area contributed by atoms with Gasteiger partial charge in [-0.2, -0.15) is 13.2 Å². The maximum absolute atomic E-state index is 12.5. The third kappa shape index (κ3) is 2.42. The van der Waals surface area contributed by atoms with Gasteiger partial charge in [0, 0.05) is 3.57 Å². The number of nitrogen functional groups attached to an aromatic ring is 1. The first kappa shape index (κ1) is 12.3. The lowest BCUT2D eigenvalue weighted by Gasteiger charge is -2.13. The van der Waals surface area contributed by atoms with Crippen molar-refractivity contribution >= 4 is 34.1 Å².